The standard InChI is InChI=1S/C16H20N2OS.ClH/c17-14-8-6-13(7-9-14)10-11-18-16(19)5-1-3-15-4-2-12-20-15;/h2,4,6-9,12H,1,3,5,10-11,17H2,(H,18,19);1H. The first kappa shape index (κ1) is 17.5. The maximum absolute atomic E-state index is 11.7. The summed E-state index contributed by atoms with van der Waals surface area (Å²) in [5, 5.41) is 5.03. The summed E-state index contributed by atoms with van der Waals surface area (Å²) >= 11 is 1.75. The molecule has 0 radical (unpaired) electrons. The molecule has 5 heteroatoms. The number of nitrogens with two attached hydrogens (primary N) is 1. The van der Waals surface area contributed by atoms with Crippen LogP contribution in [0, 0.1) is 0 Å². The smallest absolute Gasteiger partial charge is 0.220 e. The minimum Gasteiger partial charge on any atom is -0.399 e. The number of halogens is 1. The van der Waals surface area contributed by atoms with Gasteiger partial charge in [-0.1, -0.05) is 18.2 Å². The third-order valence-electron chi connectivity index (χ3n) is 3.12. The van der Waals surface area contributed by atoms with Crippen LogP contribution in [0.3, 0.4) is 0 Å². The van der Waals surface area contributed by atoms with Gasteiger partial charge in [-0.3, -0.25) is 4.79 Å². The fraction of sp³-hybridized carbons (Fsp3) is 0.312. The second-order valence-corrected chi connectivity index (χ2v) is 5.81. The average Bonchev–Trinajstić information content (AvgIpc) is 2.94. The van der Waals surface area contributed by atoms with Gasteiger partial charge in [-0.15, -0.1) is 23.7 Å². The number of amides is 1. The molecule has 0 saturated carbocycles. The lowest BCUT2D eigenvalue weighted by atomic mass is 10.1. The first-order valence-corrected chi connectivity index (χ1v) is 7.75. The maximum Gasteiger partial charge on any atom is 0.220 e. The van der Waals surface area contributed by atoms with Crippen molar-refractivity contribution in [2.24, 2.45) is 0 Å². The van der Waals surface area contributed by atoms with Gasteiger partial charge in [0.05, 0.1) is 0 Å². The van der Waals surface area contributed by atoms with E-state index in [9.17, 15) is 4.79 Å². The lowest BCUT2D eigenvalue weighted by Crippen LogP contribution is -2.25. The van der Waals surface area contributed by atoms with Gasteiger partial charge in [-0.2, -0.15) is 0 Å². The van der Waals surface area contributed by atoms with Gasteiger partial charge in [0.25, 0.3) is 0 Å². The summed E-state index contributed by atoms with van der Waals surface area (Å²) in [6.45, 7) is 0.682. The highest BCUT2D eigenvalue weighted by atomic mass is 35.5. The summed E-state index contributed by atoms with van der Waals surface area (Å²) in [7, 11) is 0. The molecule has 1 aromatic heterocycles. The van der Waals surface area contributed by atoms with Crippen LogP contribution in [0.2, 0.25) is 0 Å². The molecule has 2 rings (SSSR count). The van der Waals surface area contributed by atoms with Crippen molar-refractivity contribution in [3.63, 3.8) is 0 Å². The summed E-state index contributed by atoms with van der Waals surface area (Å²) in [5.41, 5.74) is 7.59. The molecule has 0 aliphatic rings. The predicted octanol–water partition coefficient (Wildman–Crippen LogP) is 3.43. The van der Waals surface area contributed by atoms with Gasteiger partial charge in [0, 0.05) is 23.5 Å². The molecule has 3 N–H and O–H groups in total. The molecule has 1 heterocycles. The number of nitrogens with one attached hydrogen (secondary N) is 1. The number of hydrogen-bond donors (Lipinski definition) is 2. The van der Waals surface area contributed by atoms with Crippen LogP contribution in [0.4, 0.5) is 5.69 Å². The van der Waals surface area contributed by atoms with E-state index in [1.165, 1.54) is 10.4 Å². The van der Waals surface area contributed by atoms with Crippen molar-refractivity contribution in [1.29, 1.82) is 0 Å². The average molecular weight is 325 g/mol. The highest BCUT2D eigenvalue weighted by Gasteiger charge is 2.02. The Bertz CT molecular complexity index is 526. The normalized spacial score (nSPS) is 9.90. The zero-order chi connectivity index (χ0) is 14.2. The Morgan fingerprint density at radius 2 is 1.90 bits per heavy atom. The van der Waals surface area contributed by atoms with Crippen LogP contribution in [-0.4, -0.2) is 12.5 Å². The lowest BCUT2D eigenvalue weighted by Gasteiger charge is -2.05. The van der Waals surface area contributed by atoms with Crippen LogP contribution in [0.25, 0.3) is 0 Å². The van der Waals surface area contributed by atoms with Crippen molar-refractivity contribution >= 4 is 35.3 Å². The predicted molar refractivity (Wildman–Crippen MR) is 92.1 cm³/mol. The highest BCUT2D eigenvalue weighted by Crippen LogP contribution is 2.11. The van der Waals surface area contributed by atoms with E-state index in [4.69, 9.17) is 5.73 Å². The van der Waals surface area contributed by atoms with Crippen LogP contribution < -0.4 is 11.1 Å². The molecule has 0 saturated heterocycles. The second kappa shape index (κ2) is 9.42. The van der Waals surface area contributed by atoms with E-state index in [0.717, 1.165) is 24.9 Å². The number of aryl methyl sites for hydroxylation is 1. The molecule has 3 nitrogen and oxygen atoms in total. The first-order chi connectivity index (χ1) is 9.74. The minimum absolute atomic E-state index is 0. The van der Waals surface area contributed by atoms with E-state index in [-0.39, 0.29) is 18.3 Å². The Hall–Kier alpha value is -1.52. The van der Waals surface area contributed by atoms with Crippen molar-refractivity contribution in [2.75, 3.05) is 12.3 Å². The number of hydrogen-bond acceptors (Lipinski definition) is 3. The number of rotatable bonds is 7. The van der Waals surface area contributed by atoms with E-state index >= 15 is 0 Å². The molecule has 0 aliphatic carbocycles. The van der Waals surface area contributed by atoms with Crippen molar-refractivity contribution in [3.05, 3.63) is 52.2 Å². The molecule has 0 fully saturated rings. The quantitative estimate of drug-likeness (QED) is 0.767. The van der Waals surface area contributed by atoms with Gasteiger partial charge in [0.2, 0.25) is 5.91 Å². The third-order valence-corrected chi connectivity index (χ3v) is 4.06. The van der Waals surface area contributed by atoms with Gasteiger partial charge in [-0.05, 0) is 48.4 Å². The van der Waals surface area contributed by atoms with Crippen LogP contribution in [0.1, 0.15) is 23.3 Å². The number of anilines is 1. The van der Waals surface area contributed by atoms with E-state index in [0.29, 0.717) is 13.0 Å². The molecule has 0 aliphatic heterocycles. The Kier molecular flexibility index (Phi) is 7.87. The fourth-order valence-corrected chi connectivity index (χ4v) is 2.75. The molecule has 21 heavy (non-hydrogen) atoms. The molecule has 2 aromatic rings. The van der Waals surface area contributed by atoms with Crippen molar-refractivity contribution in [1.82, 2.24) is 5.32 Å². The highest BCUT2D eigenvalue weighted by molar-refractivity contribution is 7.09. The largest absolute Gasteiger partial charge is 0.399 e. The zero-order valence-electron chi connectivity index (χ0n) is 11.9. The van der Waals surface area contributed by atoms with Crippen LogP contribution in [-0.2, 0) is 17.6 Å². The second-order valence-electron chi connectivity index (χ2n) is 4.77. The zero-order valence-corrected chi connectivity index (χ0v) is 13.5. The maximum atomic E-state index is 11.7. The van der Waals surface area contributed by atoms with Gasteiger partial charge in [-0.25, -0.2) is 0 Å². The molecular formula is C16H21ClN2OS. The summed E-state index contributed by atoms with van der Waals surface area (Å²) in [5.74, 6) is 0.136. The van der Waals surface area contributed by atoms with Gasteiger partial charge in [0.1, 0.15) is 0 Å². The van der Waals surface area contributed by atoms with E-state index in [2.05, 4.69) is 16.8 Å². The Balaban J connectivity index is 0.00000220. The Morgan fingerprint density at radius 3 is 2.57 bits per heavy atom. The van der Waals surface area contributed by atoms with Gasteiger partial charge >= 0.3 is 0 Å². The van der Waals surface area contributed by atoms with Gasteiger partial charge < -0.3 is 11.1 Å². The molecule has 114 valence electrons. The summed E-state index contributed by atoms with van der Waals surface area (Å²) < 4.78 is 0. The van der Waals surface area contributed by atoms with Crippen LogP contribution >= 0.6 is 23.7 Å². The molecule has 1 aromatic carbocycles. The number of carbonyl (C=O) groups is 1. The third kappa shape index (κ3) is 6.65. The topological polar surface area (TPSA) is 55.1 Å². The molecule has 1 amide bonds. The summed E-state index contributed by atoms with van der Waals surface area (Å²) in [6, 6.07) is 11.9. The SMILES string of the molecule is Cl.Nc1ccc(CCNC(=O)CCCc2cccs2)cc1. The molecular weight excluding hydrogens is 304 g/mol. The summed E-state index contributed by atoms with van der Waals surface area (Å²) in [4.78, 5) is 13.0. The number of nitrogen functional groups attached to an aromatic ring is 1. The van der Waals surface area contributed by atoms with E-state index in [1.54, 1.807) is 11.3 Å². The van der Waals surface area contributed by atoms with E-state index < -0.39 is 0 Å². The Morgan fingerprint density at radius 1 is 1.14 bits per heavy atom. The first-order valence-electron chi connectivity index (χ1n) is 6.87. The molecule has 0 unspecified atom stereocenters. The minimum atomic E-state index is 0. The van der Waals surface area contributed by atoms with E-state index in [1.807, 2.05) is 30.3 Å². The molecule has 0 bridgehead atoms. The van der Waals surface area contributed by atoms with Crippen LogP contribution in [0.15, 0.2) is 41.8 Å². The number of thiophene rings is 1. The molecule has 0 atom stereocenters. The van der Waals surface area contributed by atoms with Crippen molar-refractivity contribution < 1.29 is 4.79 Å². The number of benzene rings is 1. The lowest BCUT2D eigenvalue weighted by molar-refractivity contribution is -0.121. The molecule has 0 spiro atoms. The van der Waals surface area contributed by atoms with Crippen molar-refractivity contribution in [3.8, 4) is 0 Å². The fourth-order valence-electron chi connectivity index (χ4n) is 2.00. The van der Waals surface area contributed by atoms with Gasteiger partial charge in [0.15, 0.2) is 0 Å². The van der Waals surface area contributed by atoms with Crippen LogP contribution in [0.5, 0.6) is 0 Å². The monoisotopic (exact) mass is 324 g/mol. The van der Waals surface area contributed by atoms with Crippen molar-refractivity contribution in [2.45, 2.75) is 25.7 Å². The summed E-state index contributed by atoms with van der Waals surface area (Å²) in [6.07, 6.45) is 3.34. The Labute approximate surface area is 136 Å². The number of carbonyl (C=O) groups excluding carboxylic acids is 1.